The largest absolute Gasteiger partial charge is 0.385 e. The summed E-state index contributed by atoms with van der Waals surface area (Å²) in [4.78, 5) is 28.6. The monoisotopic (exact) mass is 438 g/mol. The molecule has 2 aliphatic rings. The average molecular weight is 439 g/mol. The molecular formula is C20H30N4O5S. The van der Waals surface area contributed by atoms with Crippen LogP contribution < -0.4 is 9.62 Å². The number of piperazine rings is 1. The van der Waals surface area contributed by atoms with E-state index in [2.05, 4.69) is 5.32 Å². The lowest BCUT2D eigenvalue weighted by Gasteiger charge is -2.34. The number of anilines is 1. The van der Waals surface area contributed by atoms with E-state index in [9.17, 15) is 18.0 Å². The molecule has 1 N–H and O–H groups in total. The molecule has 9 nitrogen and oxygen atoms in total. The molecule has 2 amide bonds. The van der Waals surface area contributed by atoms with E-state index in [-0.39, 0.29) is 17.6 Å². The number of amides is 2. The first-order valence-corrected chi connectivity index (χ1v) is 11.9. The summed E-state index contributed by atoms with van der Waals surface area (Å²) in [6.07, 6.45) is 1.41. The molecule has 0 bridgehead atoms. The van der Waals surface area contributed by atoms with Crippen LogP contribution >= 0.6 is 0 Å². The van der Waals surface area contributed by atoms with Gasteiger partial charge < -0.3 is 15.0 Å². The highest BCUT2D eigenvalue weighted by Crippen LogP contribution is 2.24. The van der Waals surface area contributed by atoms with Crippen LogP contribution in [0.3, 0.4) is 0 Å². The first-order valence-electron chi connectivity index (χ1n) is 10.3. The van der Waals surface area contributed by atoms with E-state index in [1.165, 1.54) is 4.31 Å². The van der Waals surface area contributed by atoms with Crippen LogP contribution in [0.4, 0.5) is 5.69 Å². The normalized spacial score (nSPS) is 19.1. The molecule has 0 aliphatic carbocycles. The van der Waals surface area contributed by atoms with E-state index >= 15 is 0 Å². The molecule has 10 heteroatoms. The molecule has 1 aromatic carbocycles. The van der Waals surface area contributed by atoms with Crippen LogP contribution in [-0.2, 0) is 19.6 Å². The zero-order chi connectivity index (χ0) is 21.6. The third-order valence-electron chi connectivity index (χ3n) is 5.38. The van der Waals surface area contributed by atoms with Crippen LogP contribution in [0.15, 0.2) is 24.3 Å². The maximum Gasteiger partial charge on any atom is 0.253 e. The average Bonchev–Trinajstić information content (AvgIpc) is 3.10. The van der Waals surface area contributed by atoms with E-state index in [1.807, 2.05) is 4.90 Å². The van der Waals surface area contributed by atoms with Crippen molar-refractivity contribution in [3.8, 4) is 0 Å². The molecule has 0 saturated carbocycles. The van der Waals surface area contributed by atoms with Gasteiger partial charge in [-0.25, -0.2) is 8.42 Å². The van der Waals surface area contributed by atoms with Gasteiger partial charge in [-0.15, -0.1) is 0 Å². The Morgan fingerprint density at radius 1 is 1.07 bits per heavy atom. The number of nitrogens with one attached hydrogen (secondary N) is 1. The maximum absolute atomic E-state index is 12.8. The number of ether oxygens (including phenoxy) is 1. The summed E-state index contributed by atoms with van der Waals surface area (Å²) in [6, 6.07) is 6.76. The molecule has 2 saturated heterocycles. The third kappa shape index (κ3) is 5.71. The standard InChI is InChI=1S/C20H30N4O5S/c1-29-14-2-8-21-19(25)16-22-10-12-23(13-11-22)20(26)17-4-6-18(7-5-17)24-9-3-15-30(24,27)28/h4-7H,2-3,8-16H2,1H3,(H,21,25). The molecule has 0 radical (unpaired) electrons. The van der Waals surface area contributed by atoms with E-state index in [0.717, 1.165) is 6.42 Å². The molecule has 2 heterocycles. The third-order valence-corrected chi connectivity index (χ3v) is 7.25. The van der Waals surface area contributed by atoms with E-state index in [4.69, 9.17) is 4.74 Å². The number of sulfonamides is 1. The van der Waals surface area contributed by atoms with Crippen molar-refractivity contribution in [1.29, 1.82) is 0 Å². The van der Waals surface area contributed by atoms with Crippen molar-refractivity contribution in [3.05, 3.63) is 29.8 Å². The molecule has 1 aromatic rings. The number of hydrogen-bond acceptors (Lipinski definition) is 6. The Hall–Kier alpha value is -2.17. The van der Waals surface area contributed by atoms with Gasteiger partial charge in [0.1, 0.15) is 0 Å². The Morgan fingerprint density at radius 2 is 1.77 bits per heavy atom. The minimum atomic E-state index is -3.23. The summed E-state index contributed by atoms with van der Waals surface area (Å²) < 4.78 is 30.4. The van der Waals surface area contributed by atoms with E-state index in [0.29, 0.717) is 70.1 Å². The smallest absolute Gasteiger partial charge is 0.253 e. The highest BCUT2D eigenvalue weighted by atomic mass is 32.2. The maximum atomic E-state index is 12.8. The zero-order valence-electron chi connectivity index (χ0n) is 17.4. The minimum absolute atomic E-state index is 0.0154. The van der Waals surface area contributed by atoms with Gasteiger partial charge in [0.2, 0.25) is 15.9 Å². The number of nitrogens with zero attached hydrogens (tertiary/aromatic N) is 3. The van der Waals surface area contributed by atoms with Crippen molar-refractivity contribution >= 4 is 27.5 Å². The van der Waals surface area contributed by atoms with Crippen LogP contribution in [0, 0.1) is 0 Å². The van der Waals surface area contributed by atoms with Crippen LogP contribution in [0.5, 0.6) is 0 Å². The Balaban J connectivity index is 1.46. The fourth-order valence-corrected chi connectivity index (χ4v) is 5.26. The Bertz CT molecular complexity index is 835. The number of benzene rings is 1. The second kappa shape index (κ2) is 10.2. The Morgan fingerprint density at radius 3 is 2.37 bits per heavy atom. The van der Waals surface area contributed by atoms with Gasteiger partial charge in [0.05, 0.1) is 18.0 Å². The molecule has 0 spiro atoms. The molecule has 0 aromatic heterocycles. The fourth-order valence-electron chi connectivity index (χ4n) is 3.69. The van der Waals surface area contributed by atoms with Gasteiger partial charge in [-0.3, -0.25) is 18.8 Å². The number of carbonyl (C=O) groups is 2. The quantitative estimate of drug-likeness (QED) is 0.580. The first kappa shape index (κ1) is 22.5. The number of methoxy groups -OCH3 is 1. The van der Waals surface area contributed by atoms with Gasteiger partial charge in [-0.2, -0.15) is 0 Å². The fraction of sp³-hybridized carbons (Fsp3) is 0.600. The molecule has 30 heavy (non-hydrogen) atoms. The van der Waals surface area contributed by atoms with Crippen molar-refractivity contribution in [2.45, 2.75) is 12.8 Å². The molecular weight excluding hydrogens is 408 g/mol. The Labute approximate surface area is 178 Å². The highest BCUT2D eigenvalue weighted by Gasteiger charge is 2.29. The van der Waals surface area contributed by atoms with E-state index in [1.54, 1.807) is 36.3 Å². The van der Waals surface area contributed by atoms with Gasteiger partial charge >= 0.3 is 0 Å². The topological polar surface area (TPSA) is 99.3 Å². The molecule has 166 valence electrons. The predicted octanol–water partition coefficient (Wildman–Crippen LogP) is 0.137. The lowest BCUT2D eigenvalue weighted by Crippen LogP contribution is -2.51. The lowest BCUT2D eigenvalue weighted by molar-refractivity contribution is -0.122. The zero-order valence-corrected chi connectivity index (χ0v) is 18.2. The lowest BCUT2D eigenvalue weighted by atomic mass is 10.1. The number of carbonyl (C=O) groups excluding carboxylic acids is 2. The van der Waals surface area contributed by atoms with Gasteiger partial charge in [-0.1, -0.05) is 0 Å². The van der Waals surface area contributed by atoms with Gasteiger partial charge in [-0.05, 0) is 37.1 Å². The predicted molar refractivity (Wildman–Crippen MR) is 114 cm³/mol. The molecule has 0 atom stereocenters. The van der Waals surface area contributed by atoms with Crippen molar-refractivity contribution in [3.63, 3.8) is 0 Å². The summed E-state index contributed by atoms with van der Waals surface area (Å²) in [5.41, 5.74) is 1.14. The van der Waals surface area contributed by atoms with Gasteiger partial charge in [0.25, 0.3) is 5.91 Å². The van der Waals surface area contributed by atoms with Crippen molar-refractivity contribution in [1.82, 2.24) is 15.1 Å². The summed E-state index contributed by atoms with van der Waals surface area (Å²) >= 11 is 0. The second-order valence-corrected chi connectivity index (χ2v) is 9.57. The SMILES string of the molecule is COCCCNC(=O)CN1CCN(C(=O)c2ccc(N3CCCS3(=O)=O)cc2)CC1. The van der Waals surface area contributed by atoms with Crippen molar-refractivity contribution in [2.75, 3.05) is 69.6 Å². The Kier molecular flexibility index (Phi) is 7.68. The van der Waals surface area contributed by atoms with Crippen molar-refractivity contribution in [2.24, 2.45) is 0 Å². The number of rotatable bonds is 8. The summed E-state index contributed by atoms with van der Waals surface area (Å²) in [6.45, 7) is 4.42. The summed E-state index contributed by atoms with van der Waals surface area (Å²) in [7, 11) is -1.59. The molecule has 0 unspecified atom stereocenters. The molecule has 2 fully saturated rings. The van der Waals surface area contributed by atoms with Crippen LogP contribution in [0.2, 0.25) is 0 Å². The molecule has 2 aliphatic heterocycles. The first-order chi connectivity index (χ1) is 14.4. The molecule has 3 rings (SSSR count). The van der Waals surface area contributed by atoms with Crippen LogP contribution in [0.1, 0.15) is 23.2 Å². The van der Waals surface area contributed by atoms with Gasteiger partial charge in [0.15, 0.2) is 0 Å². The van der Waals surface area contributed by atoms with Gasteiger partial charge in [0, 0.05) is 58.5 Å². The van der Waals surface area contributed by atoms with Crippen LogP contribution in [-0.4, -0.2) is 95.3 Å². The summed E-state index contributed by atoms with van der Waals surface area (Å²) in [5, 5.41) is 2.87. The number of hydrogen-bond donors (Lipinski definition) is 1. The van der Waals surface area contributed by atoms with Crippen molar-refractivity contribution < 1.29 is 22.7 Å². The van der Waals surface area contributed by atoms with E-state index < -0.39 is 10.0 Å². The second-order valence-electron chi connectivity index (χ2n) is 7.55. The minimum Gasteiger partial charge on any atom is -0.385 e. The highest BCUT2D eigenvalue weighted by molar-refractivity contribution is 7.93. The summed E-state index contributed by atoms with van der Waals surface area (Å²) in [5.74, 6) is 0.0798. The van der Waals surface area contributed by atoms with Crippen LogP contribution in [0.25, 0.3) is 0 Å².